The molecule has 0 unspecified atom stereocenters. The maximum Gasteiger partial charge on any atom is 0.332 e. The molecule has 1 fully saturated rings. The van der Waals surface area contributed by atoms with Crippen molar-refractivity contribution in [1.29, 1.82) is 0 Å². The van der Waals surface area contributed by atoms with Crippen LogP contribution in [0.4, 0.5) is 0 Å². The van der Waals surface area contributed by atoms with Gasteiger partial charge in [0.1, 0.15) is 5.82 Å². The van der Waals surface area contributed by atoms with Crippen LogP contribution in [0.1, 0.15) is 33.0 Å². The van der Waals surface area contributed by atoms with Gasteiger partial charge in [-0.05, 0) is 20.3 Å². The summed E-state index contributed by atoms with van der Waals surface area (Å²) >= 11 is 0. The Morgan fingerprint density at radius 2 is 1.76 bits per heavy atom. The highest BCUT2D eigenvalue weighted by molar-refractivity contribution is 5.71. The molecule has 2 atom stereocenters. The zero-order valence-electron chi connectivity index (χ0n) is 15.7. The second-order valence-electron chi connectivity index (χ2n) is 7.01. The third-order valence-corrected chi connectivity index (χ3v) is 4.73. The van der Waals surface area contributed by atoms with Crippen LogP contribution in [-0.2, 0) is 31.9 Å². The molecule has 2 aromatic rings. The van der Waals surface area contributed by atoms with Crippen molar-refractivity contribution in [3.63, 3.8) is 0 Å². The minimum absolute atomic E-state index is 0.171. The minimum Gasteiger partial charge on any atom is -0.373 e. The summed E-state index contributed by atoms with van der Waals surface area (Å²) in [5.41, 5.74) is 0.342. The van der Waals surface area contributed by atoms with Gasteiger partial charge in [-0.2, -0.15) is 0 Å². The molecule has 0 amide bonds. The van der Waals surface area contributed by atoms with Gasteiger partial charge in [0, 0.05) is 33.7 Å². The van der Waals surface area contributed by atoms with Crippen LogP contribution >= 0.6 is 0 Å². The quantitative estimate of drug-likeness (QED) is 0.801. The molecule has 1 aliphatic rings. The molecule has 138 valence electrons. The Labute approximate surface area is 146 Å². The van der Waals surface area contributed by atoms with E-state index in [9.17, 15) is 9.59 Å². The number of aryl methyl sites for hydroxylation is 2. The smallest absolute Gasteiger partial charge is 0.332 e. The summed E-state index contributed by atoms with van der Waals surface area (Å²) in [4.78, 5) is 31.8. The number of hydrogen-bond donors (Lipinski definition) is 0. The van der Waals surface area contributed by atoms with Gasteiger partial charge in [0.25, 0.3) is 5.56 Å². The predicted octanol–water partition coefficient (Wildman–Crippen LogP) is 0.453. The summed E-state index contributed by atoms with van der Waals surface area (Å²) in [6.45, 7) is 9.21. The van der Waals surface area contributed by atoms with Crippen molar-refractivity contribution < 1.29 is 4.74 Å². The van der Waals surface area contributed by atoms with E-state index in [1.165, 1.54) is 11.6 Å². The van der Waals surface area contributed by atoms with E-state index in [2.05, 4.69) is 30.7 Å². The van der Waals surface area contributed by atoms with Gasteiger partial charge >= 0.3 is 5.69 Å². The molecule has 0 saturated carbocycles. The number of aromatic nitrogens is 4. The number of imidazole rings is 1. The van der Waals surface area contributed by atoms with Crippen molar-refractivity contribution in [3.8, 4) is 0 Å². The Balaban J connectivity index is 2.10. The van der Waals surface area contributed by atoms with Crippen LogP contribution in [0.25, 0.3) is 11.2 Å². The molecule has 25 heavy (non-hydrogen) atoms. The molecule has 1 aliphatic heterocycles. The highest BCUT2D eigenvalue weighted by atomic mass is 16.5. The first-order chi connectivity index (χ1) is 11.8. The molecule has 2 aromatic heterocycles. The van der Waals surface area contributed by atoms with Crippen molar-refractivity contribution in [2.75, 3.05) is 13.1 Å². The van der Waals surface area contributed by atoms with E-state index in [0.29, 0.717) is 24.3 Å². The standard InChI is InChI=1S/C17H27N5O3/c1-6-7-22-13(10-21-8-11(2)25-12(3)9-21)18-15-14(22)16(23)20(5)17(24)19(15)4/h11-12H,6-10H2,1-5H3/t11-,12+. The first-order valence-electron chi connectivity index (χ1n) is 8.86. The Hall–Kier alpha value is -1.93. The molecule has 0 radical (unpaired) electrons. The van der Waals surface area contributed by atoms with E-state index in [1.54, 1.807) is 7.05 Å². The highest BCUT2D eigenvalue weighted by Gasteiger charge is 2.25. The van der Waals surface area contributed by atoms with Crippen LogP contribution in [0.5, 0.6) is 0 Å². The molecular formula is C17H27N5O3. The van der Waals surface area contributed by atoms with Crippen molar-refractivity contribution in [2.24, 2.45) is 14.1 Å². The lowest BCUT2D eigenvalue weighted by atomic mass is 10.2. The Morgan fingerprint density at radius 1 is 1.12 bits per heavy atom. The predicted molar refractivity (Wildman–Crippen MR) is 95.8 cm³/mol. The fraction of sp³-hybridized carbons (Fsp3) is 0.706. The summed E-state index contributed by atoms with van der Waals surface area (Å²) in [6.07, 6.45) is 1.23. The molecule has 0 N–H and O–H groups in total. The lowest BCUT2D eigenvalue weighted by Crippen LogP contribution is -2.45. The van der Waals surface area contributed by atoms with Gasteiger partial charge < -0.3 is 9.30 Å². The Bertz CT molecular complexity index is 884. The molecule has 0 aromatic carbocycles. The third kappa shape index (κ3) is 3.16. The molecule has 8 heteroatoms. The van der Waals surface area contributed by atoms with Gasteiger partial charge in [0.05, 0.1) is 18.8 Å². The SMILES string of the molecule is CCCn1c(CN2C[C@@H](C)O[C@@H](C)C2)nc2c1c(=O)n(C)c(=O)n2C. The van der Waals surface area contributed by atoms with Crippen LogP contribution in [0.3, 0.4) is 0 Å². The fourth-order valence-corrected chi connectivity index (χ4v) is 3.69. The van der Waals surface area contributed by atoms with Gasteiger partial charge in [-0.3, -0.25) is 18.8 Å². The van der Waals surface area contributed by atoms with E-state index < -0.39 is 0 Å². The van der Waals surface area contributed by atoms with Crippen LogP contribution < -0.4 is 11.2 Å². The Morgan fingerprint density at radius 3 is 2.36 bits per heavy atom. The highest BCUT2D eigenvalue weighted by Crippen LogP contribution is 2.17. The van der Waals surface area contributed by atoms with E-state index in [1.807, 2.05) is 4.57 Å². The Kier molecular flexibility index (Phi) is 4.83. The number of fused-ring (bicyclic) bond motifs is 1. The van der Waals surface area contributed by atoms with Crippen molar-refractivity contribution in [2.45, 2.75) is 52.5 Å². The average molecular weight is 349 g/mol. The number of rotatable bonds is 4. The third-order valence-electron chi connectivity index (χ3n) is 4.73. The topological polar surface area (TPSA) is 74.3 Å². The lowest BCUT2D eigenvalue weighted by Gasteiger charge is -2.35. The van der Waals surface area contributed by atoms with Crippen molar-refractivity contribution >= 4 is 11.2 Å². The van der Waals surface area contributed by atoms with Crippen LogP contribution in [-0.4, -0.2) is 48.9 Å². The summed E-state index contributed by atoms with van der Waals surface area (Å²) in [6, 6.07) is 0. The maximum atomic E-state index is 12.7. The van der Waals surface area contributed by atoms with E-state index in [-0.39, 0.29) is 23.5 Å². The molecule has 0 aliphatic carbocycles. The van der Waals surface area contributed by atoms with Crippen molar-refractivity contribution in [1.82, 2.24) is 23.6 Å². The van der Waals surface area contributed by atoms with Gasteiger partial charge in [-0.25, -0.2) is 9.78 Å². The molecule has 1 saturated heterocycles. The summed E-state index contributed by atoms with van der Waals surface area (Å²) in [7, 11) is 3.18. The first-order valence-corrected chi connectivity index (χ1v) is 8.86. The van der Waals surface area contributed by atoms with Crippen LogP contribution in [0, 0.1) is 0 Å². The zero-order chi connectivity index (χ0) is 18.3. The number of hydrogen-bond acceptors (Lipinski definition) is 5. The van der Waals surface area contributed by atoms with Gasteiger partial charge in [0.15, 0.2) is 11.2 Å². The fourth-order valence-electron chi connectivity index (χ4n) is 3.69. The lowest BCUT2D eigenvalue weighted by molar-refractivity contribution is -0.0712. The van der Waals surface area contributed by atoms with Crippen molar-refractivity contribution in [3.05, 3.63) is 26.7 Å². The average Bonchev–Trinajstić information content (AvgIpc) is 2.89. The summed E-state index contributed by atoms with van der Waals surface area (Å²) < 4.78 is 10.4. The van der Waals surface area contributed by atoms with Crippen LogP contribution in [0.2, 0.25) is 0 Å². The van der Waals surface area contributed by atoms with Gasteiger partial charge in [-0.1, -0.05) is 6.92 Å². The zero-order valence-corrected chi connectivity index (χ0v) is 15.7. The van der Waals surface area contributed by atoms with Gasteiger partial charge in [0.2, 0.25) is 0 Å². The first kappa shape index (κ1) is 17.9. The summed E-state index contributed by atoms with van der Waals surface area (Å²) in [5, 5.41) is 0. The molecular weight excluding hydrogens is 322 g/mol. The van der Waals surface area contributed by atoms with Gasteiger partial charge in [-0.15, -0.1) is 0 Å². The van der Waals surface area contributed by atoms with E-state index >= 15 is 0 Å². The molecule has 3 rings (SSSR count). The largest absolute Gasteiger partial charge is 0.373 e. The normalized spacial score (nSPS) is 22.0. The molecule has 3 heterocycles. The second-order valence-corrected chi connectivity index (χ2v) is 7.01. The number of morpholine rings is 1. The van der Waals surface area contributed by atoms with E-state index in [0.717, 1.165) is 29.9 Å². The number of nitrogens with zero attached hydrogens (tertiary/aromatic N) is 5. The monoisotopic (exact) mass is 349 g/mol. The maximum absolute atomic E-state index is 12.7. The van der Waals surface area contributed by atoms with E-state index in [4.69, 9.17) is 4.74 Å². The second kappa shape index (κ2) is 6.76. The minimum atomic E-state index is -0.348. The molecule has 0 bridgehead atoms. The van der Waals surface area contributed by atoms with Crippen LogP contribution in [0.15, 0.2) is 9.59 Å². The molecule has 8 nitrogen and oxygen atoms in total. The number of ether oxygens (including phenoxy) is 1. The molecule has 0 spiro atoms. The summed E-state index contributed by atoms with van der Waals surface area (Å²) in [5.74, 6) is 0.830.